The number of amides is 1. The van der Waals surface area contributed by atoms with Gasteiger partial charge in [-0.25, -0.2) is 4.52 Å². The lowest BCUT2D eigenvalue weighted by Crippen LogP contribution is -2.31. The fourth-order valence-corrected chi connectivity index (χ4v) is 4.81. The zero-order chi connectivity index (χ0) is 21.5. The predicted octanol–water partition coefficient (Wildman–Crippen LogP) is 3.94. The van der Waals surface area contributed by atoms with Crippen LogP contribution in [0.3, 0.4) is 0 Å². The molecule has 0 spiro atoms. The van der Waals surface area contributed by atoms with E-state index < -0.39 is 0 Å². The molecule has 0 bridgehead atoms. The second-order valence-electron chi connectivity index (χ2n) is 8.89. The maximum Gasteiger partial charge on any atom is 0.255 e. The van der Waals surface area contributed by atoms with E-state index in [4.69, 9.17) is 5.10 Å². The number of carbonyl (C=O) groups excluding carboxylic acids is 1. The quantitative estimate of drug-likeness (QED) is 0.807. The summed E-state index contributed by atoms with van der Waals surface area (Å²) in [5.74, 6) is 0.699. The summed E-state index contributed by atoms with van der Waals surface area (Å²) in [4.78, 5) is 19.7. The van der Waals surface area contributed by atoms with E-state index >= 15 is 0 Å². The highest BCUT2D eigenvalue weighted by Gasteiger charge is 2.26. The molecule has 160 valence electrons. The fourth-order valence-electron chi connectivity index (χ4n) is 4.81. The molecule has 2 aromatic heterocycles. The van der Waals surface area contributed by atoms with Crippen LogP contribution in [-0.4, -0.2) is 38.5 Å². The van der Waals surface area contributed by atoms with Gasteiger partial charge < -0.3 is 5.32 Å². The highest BCUT2D eigenvalue weighted by Crippen LogP contribution is 2.33. The molecule has 1 amide bonds. The van der Waals surface area contributed by atoms with Crippen molar-refractivity contribution >= 4 is 17.0 Å². The normalized spacial score (nSPS) is 22.5. The molecule has 3 aliphatic heterocycles. The van der Waals surface area contributed by atoms with Crippen LogP contribution >= 0.6 is 0 Å². The number of hydrogen-bond acceptors (Lipinski definition) is 4. The molecule has 6 heteroatoms. The van der Waals surface area contributed by atoms with Gasteiger partial charge >= 0.3 is 0 Å². The first-order valence-electron chi connectivity index (χ1n) is 11.2. The van der Waals surface area contributed by atoms with Gasteiger partial charge in [0.05, 0.1) is 28.8 Å². The lowest BCUT2D eigenvalue weighted by Gasteiger charge is -2.30. The minimum Gasteiger partial charge on any atom is -0.317 e. The van der Waals surface area contributed by atoms with Gasteiger partial charge in [0.1, 0.15) is 0 Å². The van der Waals surface area contributed by atoms with Crippen molar-refractivity contribution in [3.8, 4) is 0 Å². The monoisotopic (exact) mass is 415 g/mol. The largest absolute Gasteiger partial charge is 0.317 e. The maximum absolute atomic E-state index is 13.4. The third kappa shape index (κ3) is 3.76. The summed E-state index contributed by atoms with van der Waals surface area (Å²) >= 11 is 0. The number of piperidine rings is 1. The number of aromatic nitrogens is 3. The van der Waals surface area contributed by atoms with E-state index in [0.29, 0.717) is 5.92 Å². The standard InChI is InChI=1S/C25H29N5O/c1-16-4-6-21-7-5-20(19-8-10-26-11-9-19)15-29(21)25(31)12-22(16)23-13-24-18(3)27-17(2)14-30(24)28-23/h5-7,12-16,19,26H,4,8-11H2,1-3H3. The molecule has 1 N–H and O–H groups in total. The van der Waals surface area contributed by atoms with Crippen molar-refractivity contribution in [2.75, 3.05) is 13.1 Å². The number of aryl methyl sites for hydroxylation is 2. The molecule has 3 aliphatic rings. The number of carbonyl (C=O) groups is 1. The lowest BCUT2D eigenvalue weighted by atomic mass is 9.88. The molecule has 0 aliphatic carbocycles. The van der Waals surface area contributed by atoms with E-state index in [2.05, 4.69) is 47.7 Å². The zero-order valence-electron chi connectivity index (χ0n) is 18.4. The Morgan fingerprint density at radius 3 is 2.77 bits per heavy atom. The first-order valence-corrected chi connectivity index (χ1v) is 11.2. The Balaban J connectivity index is 1.51. The van der Waals surface area contributed by atoms with E-state index in [1.165, 1.54) is 5.57 Å². The molecular weight excluding hydrogens is 386 g/mol. The summed E-state index contributed by atoms with van der Waals surface area (Å²) in [6.07, 6.45) is 15.3. The van der Waals surface area contributed by atoms with Gasteiger partial charge in [0, 0.05) is 18.0 Å². The van der Waals surface area contributed by atoms with Gasteiger partial charge in [0.25, 0.3) is 5.91 Å². The second kappa shape index (κ2) is 7.93. The summed E-state index contributed by atoms with van der Waals surface area (Å²) in [6.45, 7) is 8.20. The van der Waals surface area contributed by atoms with Crippen LogP contribution in [0.15, 0.2) is 54.0 Å². The van der Waals surface area contributed by atoms with E-state index in [1.807, 2.05) is 29.5 Å². The minimum atomic E-state index is -0.00771. The number of fused-ring (bicyclic) bond motifs is 2. The predicted molar refractivity (Wildman–Crippen MR) is 122 cm³/mol. The first-order chi connectivity index (χ1) is 15.0. The molecule has 5 heterocycles. The van der Waals surface area contributed by atoms with Crippen LogP contribution in [0.5, 0.6) is 0 Å². The zero-order valence-corrected chi connectivity index (χ0v) is 18.4. The van der Waals surface area contributed by atoms with Crippen LogP contribution in [0.1, 0.15) is 43.3 Å². The number of allylic oxidation sites excluding steroid dienone is 5. The van der Waals surface area contributed by atoms with Crippen molar-refractivity contribution in [1.29, 1.82) is 0 Å². The second-order valence-corrected chi connectivity index (χ2v) is 8.89. The van der Waals surface area contributed by atoms with E-state index in [-0.39, 0.29) is 11.8 Å². The van der Waals surface area contributed by atoms with Crippen molar-refractivity contribution in [2.45, 2.75) is 40.0 Å². The van der Waals surface area contributed by atoms with E-state index in [9.17, 15) is 4.79 Å². The van der Waals surface area contributed by atoms with Crippen molar-refractivity contribution < 1.29 is 4.79 Å². The SMILES string of the molecule is Cc1cn2nc(C3=CC(=O)N4C=C(C5CCNCC5)C=CC4=CCC3C)cc2c(C)n1. The summed E-state index contributed by atoms with van der Waals surface area (Å²) in [7, 11) is 0. The molecule has 0 saturated carbocycles. The molecule has 6 nitrogen and oxygen atoms in total. The Morgan fingerprint density at radius 2 is 1.97 bits per heavy atom. The smallest absolute Gasteiger partial charge is 0.255 e. The van der Waals surface area contributed by atoms with Crippen LogP contribution in [0.2, 0.25) is 0 Å². The highest BCUT2D eigenvalue weighted by molar-refractivity contribution is 5.98. The van der Waals surface area contributed by atoms with Crippen LogP contribution in [0, 0.1) is 25.7 Å². The van der Waals surface area contributed by atoms with Crippen LogP contribution < -0.4 is 5.32 Å². The Bertz CT molecular complexity index is 1160. The molecule has 0 radical (unpaired) electrons. The summed E-state index contributed by atoms with van der Waals surface area (Å²) in [5.41, 5.74) is 6.90. The van der Waals surface area contributed by atoms with Gasteiger partial charge in [-0.05, 0) is 81.3 Å². The van der Waals surface area contributed by atoms with E-state index in [0.717, 1.165) is 66.2 Å². The molecule has 31 heavy (non-hydrogen) atoms. The number of hydrogen-bond donors (Lipinski definition) is 1. The fraction of sp³-hybridized carbons (Fsp3) is 0.400. The van der Waals surface area contributed by atoms with Crippen molar-refractivity contribution in [3.63, 3.8) is 0 Å². The van der Waals surface area contributed by atoms with E-state index in [1.54, 1.807) is 6.08 Å². The molecule has 1 atom stereocenters. The van der Waals surface area contributed by atoms with Gasteiger partial charge in [-0.1, -0.05) is 19.1 Å². The third-order valence-electron chi connectivity index (χ3n) is 6.60. The average molecular weight is 416 g/mol. The topological polar surface area (TPSA) is 62.5 Å². The number of rotatable bonds is 2. The van der Waals surface area contributed by atoms with Crippen molar-refractivity contribution in [2.24, 2.45) is 11.8 Å². The lowest BCUT2D eigenvalue weighted by molar-refractivity contribution is -0.122. The molecule has 1 saturated heterocycles. The van der Waals surface area contributed by atoms with Crippen molar-refractivity contribution in [3.05, 3.63) is 71.1 Å². The third-order valence-corrected chi connectivity index (χ3v) is 6.60. The Kier molecular flexibility index (Phi) is 5.10. The molecule has 1 unspecified atom stereocenters. The average Bonchev–Trinajstić information content (AvgIpc) is 3.19. The Morgan fingerprint density at radius 1 is 1.16 bits per heavy atom. The number of nitrogens with one attached hydrogen (secondary N) is 1. The molecule has 2 aromatic rings. The summed E-state index contributed by atoms with van der Waals surface area (Å²) in [5, 5.41) is 8.21. The summed E-state index contributed by atoms with van der Waals surface area (Å²) in [6, 6.07) is 2.05. The van der Waals surface area contributed by atoms with Crippen molar-refractivity contribution in [1.82, 2.24) is 24.8 Å². The highest BCUT2D eigenvalue weighted by atomic mass is 16.2. The minimum absolute atomic E-state index is 0.00771. The summed E-state index contributed by atoms with van der Waals surface area (Å²) < 4.78 is 1.88. The Labute approximate surface area is 183 Å². The van der Waals surface area contributed by atoms with Gasteiger partial charge in [0.2, 0.25) is 0 Å². The van der Waals surface area contributed by atoms with Crippen LogP contribution in [-0.2, 0) is 4.79 Å². The Hall–Kier alpha value is -2.99. The number of nitrogens with zero attached hydrogens (tertiary/aromatic N) is 4. The molecule has 5 rings (SSSR count). The van der Waals surface area contributed by atoms with Crippen LogP contribution in [0.25, 0.3) is 11.1 Å². The molecular formula is C25H29N5O. The van der Waals surface area contributed by atoms with Gasteiger partial charge in [-0.15, -0.1) is 0 Å². The van der Waals surface area contributed by atoms with Gasteiger partial charge in [0.15, 0.2) is 0 Å². The van der Waals surface area contributed by atoms with Gasteiger partial charge in [-0.3, -0.25) is 14.7 Å². The molecule has 0 aromatic carbocycles. The van der Waals surface area contributed by atoms with Crippen LogP contribution in [0.4, 0.5) is 0 Å². The maximum atomic E-state index is 13.4. The first kappa shape index (κ1) is 19.9. The van der Waals surface area contributed by atoms with Gasteiger partial charge in [-0.2, -0.15) is 5.10 Å². The molecule has 1 fully saturated rings.